The second-order valence-corrected chi connectivity index (χ2v) is 5.81. The number of carbonyl (C=O) groups excluding carboxylic acids is 1. The first-order valence-corrected chi connectivity index (χ1v) is 8.18. The van der Waals surface area contributed by atoms with Crippen molar-refractivity contribution in [3.8, 4) is 0 Å². The third-order valence-electron chi connectivity index (χ3n) is 4.27. The Labute approximate surface area is 132 Å². The van der Waals surface area contributed by atoms with Gasteiger partial charge in [-0.1, -0.05) is 37.3 Å². The topological polar surface area (TPSA) is 64.6 Å². The lowest BCUT2D eigenvalue weighted by atomic mass is 10.1. The molecule has 0 saturated carbocycles. The summed E-state index contributed by atoms with van der Waals surface area (Å²) < 4.78 is 0. The molecule has 22 heavy (non-hydrogen) atoms. The molecule has 3 N–H and O–H groups in total. The number of aliphatic hydroxyl groups excluding tert-OH is 1. The van der Waals surface area contributed by atoms with Gasteiger partial charge in [-0.3, -0.25) is 4.90 Å². The van der Waals surface area contributed by atoms with Crippen molar-refractivity contribution in [3.63, 3.8) is 0 Å². The van der Waals surface area contributed by atoms with E-state index in [1.54, 1.807) is 0 Å². The van der Waals surface area contributed by atoms with Crippen LogP contribution >= 0.6 is 0 Å². The van der Waals surface area contributed by atoms with Gasteiger partial charge in [-0.15, -0.1) is 0 Å². The average molecular weight is 305 g/mol. The zero-order chi connectivity index (χ0) is 15.8. The van der Waals surface area contributed by atoms with Gasteiger partial charge in [0.05, 0.1) is 18.7 Å². The molecule has 1 aromatic rings. The van der Waals surface area contributed by atoms with E-state index in [0.29, 0.717) is 6.54 Å². The lowest BCUT2D eigenvalue weighted by Crippen LogP contribution is -2.46. The lowest BCUT2D eigenvalue weighted by Gasteiger charge is -2.28. The van der Waals surface area contributed by atoms with E-state index in [9.17, 15) is 4.79 Å². The van der Waals surface area contributed by atoms with Crippen LogP contribution in [0.2, 0.25) is 0 Å². The highest BCUT2D eigenvalue weighted by atomic mass is 16.3. The monoisotopic (exact) mass is 305 g/mol. The van der Waals surface area contributed by atoms with E-state index >= 15 is 0 Å². The van der Waals surface area contributed by atoms with Crippen LogP contribution in [-0.4, -0.2) is 48.3 Å². The number of likely N-dealkylation sites (tertiary alicyclic amines) is 1. The molecule has 0 aliphatic carbocycles. The van der Waals surface area contributed by atoms with E-state index in [4.69, 9.17) is 5.11 Å². The normalized spacial score (nSPS) is 17.9. The van der Waals surface area contributed by atoms with Crippen molar-refractivity contribution in [1.82, 2.24) is 15.5 Å². The quantitative estimate of drug-likeness (QED) is 0.721. The van der Waals surface area contributed by atoms with Gasteiger partial charge < -0.3 is 15.7 Å². The number of hydrogen-bond donors (Lipinski definition) is 3. The summed E-state index contributed by atoms with van der Waals surface area (Å²) in [6.07, 6.45) is 3.16. The Morgan fingerprint density at radius 2 is 1.95 bits per heavy atom. The van der Waals surface area contributed by atoms with E-state index in [2.05, 4.69) is 27.7 Å². The van der Waals surface area contributed by atoms with Crippen molar-refractivity contribution in [2.24, 2.45) is 0 Å². The van der Waals surface area contributed by atoms with E-state index in [1.807, 2.05) is 25.1 Å². The van der Waals surface area contributed by atoms with Gasteiger partial charge in [-0.25, -0.2) is 4.79 Å². The molecule has 5 nitrogen and oxygen atoms in total. The van der Waals surface area contributed by atoms with E-state index in [-0.39, 0.29) is 24.7 Å². The molecule has 1 aromatic carbocycles. The molecule has 2 unspecified atom stereocenters. The van der Waals surface area contributed by atoms with Gasteiger partial charge >= 0.3 is 6.03 Å². The molecule has 2 atom stereocenters. The molecule has 1 aliphatic heterocycles. The molecule has 1 fully saturated rings. The maximum absolute atomic E-state index is 12.0. The minimum absolute atomic E-state index is 0.0296. The first kappa shape index (κ1) is 16.8. The van der Waals surface area contributed by atoms with Crippen LogP contribution in [0.25, 0.3) is 0 Å². The number of nitrogens with one attached hydrogen (secondary N) is 2. The standard InChI is InChI=1S/C17H27N3O2/c1-2-15(13-21)19-17(22)18-12-16(20-10-6-7-11-20)14-8-4-3-5-9-14/h3-5,8-9,15-16,21H,2,6-7,10-13H2,1H3,(H2,18,19,22). The van der Waals surface area contributed by atoms with Gasteiger partial charge in [-0.05, 0) is 37.9 Å². The summed E-state index contributed by atoms with van der Waals surface area (Å²) in [5, 5.41) is 14.9. The molecule has 5 heteroatoms. The van der Waals surface area contributed by atoms with Crippen LogP contribution in [0, 0.1) is 0 Å². The Hall–Kier alpha value is -1.59. The molecule has 122 valence electrons. The highest BCUT2D eigenvalue weighted by Crippen LogP contribution is 2.24. The van der Waals surface area contributed by atoms with Crippen molar-refractivity contribution in [3.05, 3.63) is 35.9 Å². The third-order valence-corrected chi connectivity index (χ3v) is 4.27. The minimum Gasteiger partial charge on any atom is -0.394 e. The van der Waals surface area contributed by atoms with Crippen molar-refractivity contribution in [2.75, 3.05) is 26.2 Å². The number of urea groups is 1. The SMILES string of the molecule is CCC(CO)NC(=O)NCC(c1ccccc1)N1CCCC1. The Balaban J connectivity index is 1.94. The number of nitrogens with zero attached hydrogens (tertiary/aromatic N) is 1. The second kappa shape index (κ2) is 8.76. The zero-order valence-corrected chi connectivity index (χ0v) is 13.3. The van der Waals surface area contributed by atoms with Crippen LogP contribution < -0.4 is 10.6 Å². The fraction of sp³-hybridized carbons (Fsp3) is 0.588. The Morgan fingerprint density at radius 3 is 2.55 bits per heavy atom. The predicted octanol–water partition coefficient (Wildman–Crippen LogP) is 1.89. The Kier molecular flexibility index (Phi) is 6.68. The number of benzene rings is 1. The smallest absolute Gasteiger partial charge is 0.315 e. The van der Waals surface area contributed by atoms with Gasteiger partial charge in [-0.2, -0.15) is 0 Å². The maximum Gasteiger partial charge on any atom is 0.315 e. The van der Waals surface area contributed by atoms with Crippen molar-refractivity contribution < 1.29 is 9.90 Å². The minimum atomic E-state index is -0.207. The molecule has 0 spiro atoms. The summed E-state index contributed by atoms with van der Waals surface area (Å²) in [5.41, 5.74) is 1.24. The molecular weight excluding hydrogens is 278 g/mol. The molecular formula is C17H27N3O2. The fourth-order valence-corrected chi connectivity index (χ4v) is 2.89. The highest BCUT2D eigenvalue weighted by molar-refractivity contribution is 5.74. The molecule has 0 aromatic heterocycles. The van der Waals surface area contributed by atoms with Gasteiger partial charge in [0.2, 0.25) is 0 Å². The molecule has 1 aliphatic rings. The van der Waals surface area contributed by atoms with Gasteiger partial charge in [0.15, 0.2) is 0 Å². The van der Waals surface area contributed by atoms with E-state index < -0.39 is 0 Å². The summed E-state index contributed by atoms with van der Waals surface area (Å²) in [7, 11) is 0. The third kappa shape index (κ3) is 4.71. The average Bonchev–Trinajstić information content (AvgIpc) is 3.08. The number of rotatable bonds is 7. The molecule has 2 rings (SSSR count). The molecule has 1 heterocycles. The Morgan fingerprint density at radius 1 is 1.27 bits per heavy atom. The largest absolute Gasteiger partial charge is 0.394 e. The lowest BCUT2D eigenvalue weighted by molar-refractivity contribution is 0.205. The summed E-state index contributed by atoms with van der Waals surface area (Å²) in [4.78, 5) is 14.4. The first-order chi connectivity index (χ1) is 10.7. The summed E-state index contributed by atoms with van der Waals surface area (Å²) in [6, 6.07) is 10.1. The second-order valence-electron chi connectivity index (χ2n) is 5.81. The van der Waals surface area contributed by atoms with Crippen molar-refractivity contribution in [1.29, 1.82) is 0 Å². The first-order valence-electron chi connectivity index (χ1n) is 8.18. The van der Waals surface area contributed by atoms with Crippen LogP contribution in [-0.2, 0) is 0 Å². The van der Waals surface area contributed by atoms with Crippen LogP contribution in [0.1, 0.15) is 37.8 Å². The summed E-state index contributed by atoms with van der Waals surface area (Å²) >= 11 is 0. The van der Waals surface area contributed by atoms with Crippen LogP contribution in [0.3, 0.4) is 0 Å². The number of amides is 2. The zero-order valence-electron chi connectivity index (χ0n) is 13.3. The fourth-order valence-electron chi connectivity index (χ4n) is 2.89. The van der Waals surface area contributed by atoms with Crippen LogP contribution in [0.15, 0.2) is 30.3 Å². The highest BCUT2D eigenvalue weighted by Gasteiger charge is 2.23. The number of hydrogen-bond acceptors (Lipinski definition) is 3. The van der Waals surface area contributed by atoms with Crippen molar-refractivity contribution in [2.45, 2.75) is 38.3 Å². The molecule has 0 bridgehead atoms. The van der Waals surface area contributed by atoms with Gasteiger partial charge in [0.25, 0.3) is 0 Å². The van der Waals surface area contributed by atoms with Gasteiger partial charge in [0.1, 0.15) is 0 Å². The molecule has 1 saturated heterocycles. The van der Waals surface area contributed by atoms with Gasteiger partial charge in [0, 0.05) is 6.54 Å². The molecule has 0 radical (unpaired) electrons. The summed E-state index contributed by atoms with van der Waals surface area (Å²) in [6.45, 7) is 4.65. The predicted molar refractivity (Wildman–Crippen MR) is 87.7 cm³/mol. The van der Waals surface area contributed by atoms with Crippen molar-refractivity contribution >= 4 is 6.03 Å². The number of carbonyl (C=O) groups is 1. The maximum atomic E-state index is 12.0. The Bertz CT molecular complexity index is 442. The number of aliphatic hydroxyl groups is 1. The van der Waals surface area contributed by atoms with Crippen LogP contribution in [0.4, 0.5) is 4.79 Å². The summed E-state index contributed by atoms with van der Waals surface area (Å²) in [5.74, 6) is 0. The molecule has 2 amide bonds. The van der Waals surface area contributed by atoms with Crippen LogP contribution in [0.5, 0.6) is 0 Å². The van der Waals surface area contributed by atoms with E-state index in [1.165, 1.54) is 18.4 Å². The van der Waals surface area contributed by atoms with E-state index in [0.717, 1.165) is 19.5 Å².